The first-order chi connectivity index (χ1) is 7.97. The molecule has 0 radical (unpaired) electrons. The van der Waals surface area contributed by atoms with Crippen LogP contribution in [0.25, 0.3) is 0 Å². The molecule has 6 heteroatoms. The van der Waals surface area contributed by atoms with E-state index >= 15 is 0 Å². The first-order valence-electron chi connectivity index (χ1n) is 5.63. The second kappa shape index (κ2) is 6.16. The predicted octanol–water partition coefficient (Wildman–Crippen LogP) is 1.39. The van der Waals surface area contributed by atoms with Crippen LogP contribution in [0.1, 0.15) is 13.8 Å². The Balaban J connectivity index is 2.80. The van der Waals surface area contributed by atoms with E-state index in [0.29, 0.717) is 17.1 Å². The quantitative estimate of drug-likeness (QED) is 0.893. The fourth-order valence-corrected chi connectivity index (χ4v) is 1.70. The van der Waals surface area contributed by atoms with Gasteiger partial charge in [0.25, 0.3) is 5.56 Å². The molecular formula is C11H19BrN4O. The zero-order chi connectivity index (χ0) is 13.0. The SMILES string of the molecule is CCn1ncc(NCC(C)N(C)C)c(Br)c1=O. The number of likely N-dealkylation sites (N-methyl/N-ethyl adjacent to an activating group) is 1. The van der Waals surface area contributed by atoms with Crippen LogP contribution in [0.15, 0.2) is 15.5 Å². The van der Waals surface area contributed by atoms with Gasteiger partial charge >= 0.3 is 0 Å². The van der Waals surface area contributed by atoms with Crippen molar-refractivity contribution in [3.05, 3.63) is 21.0 Å². The predicted molar refractivity (Wildman–Crippen MR) is 73.5 cm³/mol. The Labute approximate surface area is 110 Å². The van der Waals surface area contributed by atoms with Crippen molar-refractivity contribution in [2.75, 3.05) is 26.0 Å². The van der Waals surface area contributed by atoms with E-state index < -0.39 is 0 Å². The molecule has 0 bridgehead atoms. The molecule has 0 aliphatic rings. The zero-order valence-electron chi connectivity index (χ0n) is 10.7. The average Bonchev–Trinajstić information content (AvgIpc) is 2.30. The number of aryl methyl sites for hydroxylation is 1. The Bertz CT molecular complexity index is 430. The molecule has 1 aromatic heterocycles. The summed E-state index contributed by atoms with van der Waals surface area (Å²) in [7, 11) is 4.05. The Morgan fingerprint density at radius 3 is 2.76 bits per heavy atom. The van der Waals surface area contributed by atoms with Crippen LogP contribution in [-0.4, -0.2) is 41.4 Å². The fourth-order valence-electron chi connectivity index (χ4n) is 1.25. The maximum Gasteiger partial charge on any atom is 0.283 e. The number of anilines is 1. The van der Waals surface area contributed by atoms with Gasteiger partial charge in [-0.15, -0.1) is 0 Å². The van der Waals surface area contributed by atoms with Gasteiger partial charge in [0.2, 0.25) is 0 Å². The van der Waals surface area contributed by atoms with Crippen molar-refractivity contribution < 1.29 is 0 Å². The van der Waals surface area contributed by atoms with Gasteiger partial charge in [-0.2, -0.15) is 5.10 Å². The third kappa shape index (κ3) is 3.54. The van der Waals surface area contributed by atoms with Crippen LogP contribution in [0, 0.1) is 0 Å². The van der Waals surface area contributed by atoms with E-state index in [1.807, 2.05) is 21.0 Å². The van der Waals surface area contributed by atoms with Gasteiger partial charge in [-0.05, 0) is 43.9 Å². The van der Waals surface area contributed by atoms with E-state index in [1.54, 1.807) is 6.20 Å². The Kier molecular flexibility index (Phi) is 5.14. The monoisotopic (exact) mass is 302 g/mol. The maximum absolute atomic E-state index is 11.8. The number of hydrogen-bond donors (Lipinski definition) is 1. The lowest BCUT2D eigenvalue weighted by atomic mass is 10.3. The molecule has 1 rings (SSSR count). The van der Waals surface area contributed by atoms with Gasteiger partial charge in [0.15, 0.2) is 0 Å². The molecule has 17 heavy (non-hydrogen) atoms. The molecule has 1 unspecified atom stereocenters. The van der Waals surface area contributed by atoms with Crippen molar-refractivity contribution >= 4 is 21.6 Å². The van der Waals surface area contributed by atoms with Crippen LogP contribution in [-0.2, 0) is 6.54 Å². The Morgan fingerprint density at radius 1 is 1.59 bits per heavy atom. The third-order valence-corrected chi connectivity index (χ3v) is 3.52. The number of aromatic nitrogens is 2. The van der Waals surface area contributed by atoms with E-state index in [9.17, 15) is 4.79 Å². The molecule has 5 nitrogen and oxygen atoms in total. The van der Waals surface area contributed by atoms with Crippen molar-refractivity contribution in [1.82, 2.24) is 14.7 Å². The minimum absolute atomic E-state index is 0.102. The highest BCUT2D eigenvalue weighted by Gasteiger charge is 2.09. The maximum atomic E-state index is 11.8. The Hall–Kier alpha value is -0.880. The molecule has 0 saturated heterocycles. The first kappa shape index (κ1) is 14.2. The van der Waals surface area contributed by atoms with Gasteiger partial charge in [-0.25, -0.2) is 4.68 Å². The summed E-state index contributed by atoms with van der Waals surface area (Å²) < 4.78 is 1.96. The van der Waals surface area contributed by atoms with Crippen LogP contribution in [0.2, 0.25) is 0 Å². The summed E-state index contributed by atoms with van der Waals surface area (Å²) in [5, 5.41) is 7.30. The molecule has 0 saturated carbocycles. The third-order valence-electron chi connectivity index (χ3n) is 2.75. The lowest BCUT2D eigenvalue weighted by Gasteiger charge is -2.20. The fraction of sp³-hybridized carbons (Fsp3) is 0.636. The summed E-state index contributed by atoms with van der Waals surface area (Å²) in [6.07, 6.45) is 1.68. The molecular weight excluding hydrogens is 284 g/mol. The highest BCUT2D eigenvalue weighted by molar-refractivity contribution is 9.10. The number of rotatable bonds is 5. The van der Waals surface area contributed by atoms with E-state index in [4.69, 9.17) is 0 Å². The minimum atomic E-state index is -0.102. The second-order valence-corrected chi connectivity index (χ2v) is 4.98. The van der Waals surface area contributed by atoms with Crippen molar-refractivity contribution in [2.45, 2.75) is 26.4 Å². The summed E-state index contributed by atoms with van der Waals surface area (Å²) in [4.78, 5) is 13.9. The zero-order valence-corrected chi connectivity index (χ0v) is 12.3. The largest absolute Gasteiger partial charge is 0.381 e. The molecule has 1 heterocycles. The van der Waals surface area contributed by atoms with Crippen LogP contribution >= 0.6 is 15.9 Å². The van der Waals surface area contributed by atoms with E-state index in [-0.39, 0.29) is 5.56 Å². The smallest absolute Gasteiger partial charge is 0.283 e. The number of halogens is 1. The van der Waals surface area contributed by atoms with Crippen LogP contribution in [0.3, 0.4) is 0 Å². The van der Waals surface area contributed by atoms with E-state index in [1.165, 1.54) is 4.68 Å². The number of nitrogens with zero attached hydrogens (tertiary/aromatic N) is 3. The summed E-state index contributed by atoms with van der Waals surface area (Å²) in [5.74, 6) is 0. The molecule has 0 amide bonds. The molecule has 1 aromatic rings. The summed E-state index contributed by atoms with van der Waals surface area (Å²) >= 11 is 3.31. The standard InChI is InChI=1S/C11H19BrN4O/c1-5-16-11(17)10(12)9(7-14-16)13-6-8(2)15(3)4/h7-8,13H,5-6H2,1-4H3. The van der Waals surface area contributed by atoms with Gasteiger partial charge < -0.3 is 10.2 Å². The molecule has 1 N–H and O–H groups in total. The lowest BCUT2D eigenvalue weighted by Crippen LogP contribution is -2.32. The molecule has 96 valence electrons. The highest BCUT2D eigenvalue weighted by atomic mass is 79.9. The lowest BCUT2D eigenvalue weighted by molar-refractivity contribution is 0.326. The highest BCUT2D eigenvalue weighted by Crippen LogP contribution is 2.16. The van der Waals surface area contributed by atoms with Crippen LogP contribution in [0.4, 0.5) is 5.69 Å². The van der Waals surface area contributed by atoms with Crippen molar-refractivity contribution in [2.24, 2.45) is 0 Å². The molecule has 0 aliphatic heterocycles. The molecule has 0 aliphatic carbocycles. The normalized spacial score (nSPS) is 12.8. The first-order valence-corrected chi connectivity index (χ1v) is 6.42. The van der Waals surface area contributed by atoms with Gasteiger partial charge in [0.1, 0.15) is 4.47 Å². The van der Waals surface area contributed by atoms with Gasteiger partial charge in [0.05, 0.1) is 11.9 Å². The summed E-state index contributed by atoms with van der Waals surface area (Å²) in [6.45, 7) is 5.35. The van der Waals surface area contributed by atoms with Gasteiger partial charge in [0, 0.05) is 19.1 Å². The van der Waals surface area contributed by atoms with Crippen molar-refractivity contribution in [1.29, 1.82) is 0 Å². The van der Waals surface area contributed by atoms with E-state index in [2.05, 4.69) is 38.2 Å². The van der Waals surface area contributed by atoms with E-state index in [0.717, 1.165) is 12.2 Å². The van der Waals surface area contributed by atoms with Gasteiger partial charge in [-0.3, -0.25) is 4.79 Å². The van der Waals surface area contributed by atoms with Crippen LogP contribution < -0.4 is 10.9 Å². The molecule has 0 spiro atoms. The summed E-state index contributed by atoms with van der Waals surface area (Å²) in [5.41, 5.74) is 0.642. The van der Waals surface area contributed by atoms with Crippen molar-refractivity contribution in [3.8, 4) is 0 Å². The average molecular weight is 303 g/mol. The molecule has 0 aromatic carbocycles. The number of hydrogen-bond acceptors (Lipinski definition) is 4. The molecule has 1 atom stereocenters. The van der Waals surface area contributed by atoms with Crippen LogP contribution in [0.5, 0.6) is 0 Å². The van der Waals surface area contributed by atoms with Gasteiger partial charge in [-0.1, -0.05) is 0 Å². The van der Waals surface area contributed by atoms with Crippen molar-refractivity contribution in [3.63, 3.8) is 0 Å². The number of nitrogens with one attached hydrogen (secondary N) is 1. The second-order valence-electron chi connectivity index (χ2n) is 4.19. The summed E-state index contributed by atoms with van der Waals surface area (Å²) in [6, 6.07) is 0.385. The molecule has 0 fully saturated rings. The topological polar surface area (TPSA) is 50.2 Å². The minimum Gasteiger partial charge on any atom is -0.381 e. The Morgan fingerprint density at radius 2 is 2.24 bits per heavy atom.